The molecule has 1 aliphatic carbocycles. The van der Waals surface area contributed by atoms with Crippen LogP contribution in [0.2, 0.25) is 0 Å². The molecule has 1 saturated carbocycles. The second-order valence-corrected chi connectivity index (χ2v) is 5.01. The summed E-state index contributed by atoms with van der Waals surface area (Å²) in [6, 6.07) is 10.3. The minimum atomic E-state index is 0.135. The fourth-order valence-electron chi connectivity index (χ4n) is 2.12. The summed E-state index contributed by atoms with van der Waals surface area (Å²) in [5.74, 6) is 1.76. The fraction of sp³-hybridized carbons (Fsp3) is 0.467. The van der Waals surface area contributed by atoms with E-state index in [0.717, 1.165) is 29.3 Å². The molecule has 3 nitrogen and oxygen atoms in total. The highest BCUT2D eigenvalue weighted by Crippen LogP contribution is 2.29. The Bertz CT molecular complexity index is 483. The molecule has 1 aliphatic rings. The largest absolute Gasteiger partial charge is 0.459 e. The number of benzene rings is 1. The number of likely N-dealkylation sites (N-methyl/N-ethyl adjacent to an activating group) is 1. The summed E-state index contributed by atoms with van der Waals surface area (Å²) in [7, 11) is 1.94. The van der Waals surface area contributed by atoms with Gasteiger partial charge in [-0.2, -0.15) is 0 Å². The van der Waals surface area contributed by atoms with Gasteiger partial charge in [0.1, 0.15) is 11.3 Å². The van der Waals surface area contributed by atoms with E-state index in [1.54, 1.807) is 0 Å². The average molecular weight is 245 g/mol. The molecule has 0 saturated heterocycles. The molecule has 0 radical (unpaired) electrons. The van der Waals surface area contributed by atoms with Crippen molar-refractivity contribution in [3.05, 3.63) is 36.1 Å². The van der Waals surface area contributed by atoms with E-state index in [4.69, 9.17) is 9.15 Å². The van der Waals surface area contributed by atoms with Gasteiger partial charge in [0, 0.05) is 12.0 Å². The van der Waals surface area contributed by atoms with Crippen molar-refractivity contribution in [3.63, 3.8) is 0 Å². The Morgan fingerprint density at radius 3 is 2.94 bits per heavy atom. The Morgan fingerprint density at radius 1 is 1.39 bits per heavy atom. The van der Waals surface area contributed by atoms with Crippen molar-refractivity contribution in [1.82, 2.24) is 5.32 Å². The van der Waals surface area contributed by atoms with E-state index in [2.05, 4.69) is 17.4 Å². The zero-order valence-electron chi connectivity index (χ0n) is 10.7. The van der Waals surface area contributed by atoms with Gasteiger partial charge in [0.25, 0.3) is 0 Å². The van der Waals surface area contributed by atoms with Gasteiger partial charge < -0.3 is 14.5 Å². The first-order chi connectivity index (χ1) is 8.86. The SMILES string of the molecule is CNC(COCC1CC1)c1cc2ccccc2o1. The van der Waals surface area contributed by atoms with Gasteiger partial charge in [-0.1, -0.05) is 18.2 Å². The zero-order valence-corrected chi connectivity index (χ0v) is 10.7. The Labute approximate surface area is 107 Å². The molecule has 0 spiro atoms. The molecule has 1 fully saturated rings. The van der Waals surface area contributed by atoms with Crippen LogP contribution in [0.5, 0.6) is 0 Å². The molecule has 0 aliphatic heterocycles. The van der Waals surface area contributed by atoms with Gasteiger partial charge >= 0.3 is 0 Å². The van der Waals surface area contributed by atoms with E-state index < -0.39 is 0 Å². The molecule has 3 rings (SSSR count). The highest BCUT2D eigenvalue weighted by atomic mass is 16.5. The predicted molar refractivity (Wildman–Crippen MR) is 71.6 cm³/mol. The van der Waals surface area contributed by atoms with E-state index in [1.165, 1.54) is 12.8 Å². The number of ether oxygens (including phenoxy) is 1. The quantitative estimate of drug-likeness (QED) is 0.849. The molecule has 0 bridgehead atoms. The van der Waals surface area contributed by atoms with Gasteiger partial charge in [0.05, 0.1) is 12.6 Å². The number of fused-ring (bicyclic) bond motifs is 1. The van der Waals surface area contributed by atoms with Crippen LogP contribution < -0.4 is 5.32 Å². The lowest BCUT2D eigenvalue weighted by Crippen LogP contribution is -2.21. The summed E-state index contributed by atoms with van der Waals surface area (Å²) in [6.07, 6.45) is 2.66. The van der Waals surface area contributed by atoms with E-state index in [9.17, 15) is 0 Å². The van der Waals surface area contributed by atoms with Crippen LogP contribution in [0.4, 0.5) is 0 Å². The van der Waals surface area contributed by atoms with Gasteiger partial charge in [0.15, 0.2) is 0 Å². The Balaban J connectivity index is 1.68. The molecule has 0 amide bonds. The monoisotopic (exact) mass is 245 g/mol. The minimum absolute atomic E-state index is 0.135. The van der Waals surface area contributed by atoms with Crippen LogP contribution in [0.3, 0.4) is 0 Å². The lowest BCUT2D eigenvalue weighted by molar-refractivity contribution is 0.0995. The Kier molecular flexibility index (Phi) is 3.35. The minimum Gasteiger partial charge on any atom is -0.459 e. The standard InChI is InChI=1S/C15H19NO2/c1-16-13(10-17-9-11-6-7-11)15-8-12-4-2-3-5-14(12)18-15/h2-5,8,11,13,16H,6-7,9-10H2,1H3. The van der Waals surface area contributed by atoms with Crippen LogP contribution in [0.15, 0.2) is 34.7 Å². The third kappa shape index (κ3) is 2.57. The maximum atomic E-state index is 5.85. The first kappa shape index (κ1) is 11.8. The summed E-state index contributed by atoms with van der Waals surface area (Å²) in [4.78, 5) is 0. The number of hydrogen-bond donors (Lipinski definition) is 1. The third-order valence-electron chi connectivity index (χ3n) is 3.47. The predicted octanol–water partition coefficient (Wildman–Crippen LogP) is 3.12. The molecule has 1 aromatic carbocycles. The summed E-state index contributed by atoms with van der Waals surface area (Å²) in [5.41, 5.74) is 0.940. The van der Waals surface area contributed by atoms with Crippen LogP contribution in [0.1, 0.15) is 24.6 Å². The number of nitrogens with one attached hydrogen (secondary N) is 1. The lowest BCUT2D eigenvalue weighted by atomic mass is 10.2. The van der Waals surface area contributed by atoms with E-state index in [0.29, 0.717) is 6.61 Å². The smallest absolute Gasteiger partial charge is 0.134 e. The van der Waals surface area contributed by atoms with Gasteiger partial charge in [-0.15, -0.1) is 0 Å². The van der Waals surface area contributed by atoms with Crippen molar-refractivity contribution < 1.29 is 9.15 Å². The van der Waals surface area contributed by atoms with Crippen molar-refractivity contribution in [2.24, 2.45) is 5.92 Å². The Hall–Kier alpha value is -1.32. The fourth-order valence-corrected chi connectivity index (χ4v) is 2.12. The number of para-hydroxylation sites is 1. The van der Waals surface area contributed by atoms with Crippen LogP contribution in [-0.4, -0.2) is 20.3 Å². The zero-order chi connectivity index (χ0) is 12.4. The van der Waals surface area contributed by atoms with E-state index in [1.807, 2.05) is 25.2 Å². The van der Waals surface area contributed by atoms with E-state index in [-0.39, 0.29) is 6.04 Å². The molecule has 1 unspecified atom stereocenters. The number of rotatable bonds is 6. The summed E-state index contributed by atoms with van der Waals surface area (Å²) in [6.45, 7) is 1.56. The first-order valence-corrected chi connectivity index (χ1v) is 6.60. The molecule has 96 valence electrons. The maximum absolute atomic E-state index is 5.85. The average Bonchev–Trinajstić information content (AvgIpc) is 3.11. The third-order valence-corrected chi connectivity index (χ3v) is 3.47. The molecule has 18 heavy (non-hydrogen) atoms. The van der Waals surface area contributed by atoms with Gasteiger partial charge in [-0.05, 0) is 37.9 Å². The van der Waals surface area contributed by atoms with Crippen molar-refractivity contribution >= 4 is 11.0 Å². The molecule has 1 heterocycles. The molecule has 1 atom stereocenters. The van der Waals surface area contributed by atoms with E-state index >= 15 is 0 Å². The highest BCUT2D eigenvalue weighted by molar-refractivity contribution is 5.77. The normalized spacial score (nSPS) is 17.2. The second kappa shape index (κ2) is 5.12. The maximum Gasteiger partial charge on any atom is 0.134 e. The number of hydrogen-bond acceptors (Lipinski definition) is 3. The van der Waals surface area contributed by atoms with Crippen molar-refractivity contribution in [1.29, 1.82) is 0 Å². The van der Waals surface area contributed by atoms with Crippen LogP contribution >= 0.6 is 0 Å². The summed E-state index contributed by atoms with van der Waals surface area (Å²) in [5, 5.41) is 4.40. The van der Waals surface area contributed by atoms with Crippen molar-refractivity contribution in [2.75, 3.05) is 20.3 Å². The lowest BCUT2D eigenvalue weighted by Gasteiger charge is -2.13. The second-order valence-electron chi connectivity index (χ2n) is 5.01. The number of furan rings is 1. The van der Waals surface area contributed by atoms with Gasteiger partial charge in [-0.3, -0.25) is 0 Å². The molecular weight excluding hydrogens is 226 g/mol. The molecular formula is C15H19NO2. The van der Waals surface area contributed by atoms with Gasteiger partial charge in [0.2, 0.25) is 0 Å². The van der Waals surface area contributed by atoms with Crippen LogP contribution in [0, 0.1) is 5.92 Å². The van der Waals surface area contributed by atoms with Gasteiger partial charge in [-0.25, -0.2) is 0 Å². The molecule has 3 heteroatoms. The molecule has 1 aromatic heterocycles. The van der Waals surface area contributed by atoms with Crippen LogP contribution in [-0.2, 0) is 4.74 Å². The highest BCUT2D eigenvalue weighted by Gasteiger charge is 2.22. The summed E-state index contributed by atoms with van der Waals surface area (Å²) < 4.78 is 11.6. The van der Waals surface area contributed by atoms with Crippen molar-refractivity contribution in [3.8, 4) is 0 Å². The topological polar surface area (TPSA) is 34.4 Å². The first-order valence-electron chi connectivity index (χ1n) is 6.60. The Morgan fingerprint density at radius 2 is 2.22 bits per heavy atom. The summed E-state index contributed by atoms with van der Waals surface area (Å²) >= 11 is 0. The molecule has 2 aromatic rings. The van der Waals surface area contributed by atoms with Crippen LogP contribution in [0.25, 0.3) is 11.0 Å². The molecule has 1 N–H and O–H groups in total. The van der Waals surface area contributed by atoms with Crippen molar-refractivity contribution in [2.45, 2.75) is 18.9 Å².